The summed E-state index contributed by atoms with van der Waals surface area (Å²) in [5.41, 5.74) is 1.05. The van der Waals surface area contributed by atoms with Crippen LogP contribution in [0.25, 0.3) is 0 Å². The van der Waals surface area contributed by atoms with Gasteiger partial charge in [-0.15, -0.1) is 0 Å². The summed E-state index contributed by atoms with van der Waals surface area (Å²) in [7, 11) is 0. The van der Waals surface area contributed by atoms with Crippen LogP contribution in [0.3, 0.4) is 0 Å². The Hall–Kier alpha value is -2.48. The molecule has 3 aliphatic rings. The first-order valence-electron chi connectivity index (χ1n) is 11.0. The van der Waals surface area contributed by atoms with Crippen molar-refractivity contribution in [3.05, 3.63) is 18.2 Å². The smallest absolute Gasteiger partial charge is 0.338 e. The number of fused-ring (bicyclic) bond motifs is 1. The van der Waals surface area contributed by atoms with E-state index in [1.54, 1.807) is 13.8 Å². The first kappa shape index (κ1) is 21.7. The molecule has 31 heavy (non-hydrogen) atoms. The van der Waals surface area contributed by atoms with Crippen LogP contribution in [0.4, 0.5) is 5.69 Å². The molecule has 0 radical (unpaired) electrons. The Morgan fingerprint density at radius 1 is 1.19 bits per heavy atom. The first-order chi connectivity index (χ1) is 14.6. The van der Waals surface area contributed by atoms with E-state index in [0.717, 1.165) is 17.2 Å². The highest BCUT2D eigenvalue weighted by atomic mass is 16.8. The predicted molar refractivity (Wildman–Crippen MR) is 114 cm³/mol. The number of anilines is 1. The van der Waals surface area contributed by atoms with Gasteiger partial charge >= 0.3 is 5.97 Å². The van der Waals surface area contributed by atoms with Gasteiger partial charge < -0.3 is 28.7 Å². The van der Waals surface area contributed by atoms with Crippen molar-refractivity contribution < 1.29 is 28.5 Å². The summed E-state index contributed by atoms with van der Waals surface area (Å²) in [6, 6.07) is 5.91. The van der Waals surface area contributed by atoms with Crippen molar-refractivity contribution >= 4 is 17.6 Å². The quantitative estimate of drug-likeness (QED) is 0.662. The monoisotopic (exact) mass is 432 g/mol. The van der Waals surface area contributed by atoms with E-state index in [2.05, 4.69) is 4.90 Å². The van der Waals surface area contributed by atoms with Crippen LogP contribution in [0.1, 0.15) is 41.0 Å². The van der Waals surface area contributed by atoms with Crippen LogP contribution < -0.4 is 14.4 Å². The lowest BCUT2D eigenvalue weighted by Gasteiger charge is -2.42. The number of amides is 1. The van der Waals surface area contributed by atoms with Gasteiger partial charge in [0.1, 0.15) is 0 Å². The number of benzene rings is 1. The standard InChI is InChI=1S/C23H32N2O6/c1-14(2)10-17(20-22(27)31-23(4,5)30-20)21(26)25-9-8-24(12-15(25)3)16-6-7-18-19(11-16)29-13-28-18/h6-7,11,14-15,17,20H,8-10,12-13H2,1-5H3/t15-,17+,20+/m1/s1. The SMILES string of the molecule is CC(C)C[C@H](C(=O)N1CCN(c2ccc3c(c2)OCO3)C[C@H]1C)[C@@H]1OC(C)(C)OC1=O. The molecule has 2 fully saturated rings. The number of carbonyl (C=O) groups excluding carboxylic acids is 2. The molecule has 4 rings (SSSR count). The molecule has 3 atom stereocenters. The van der Waals surface area contributed by atoms with E-state index >= 15 is 0 Å². The molecule has 170 valence electrons. The van der Waals surface area contributed by atoms with E-state index < -0.39 is 23.8 Å². The molecule has 1 amide bonds. The Balaban J connectivity index is 1.47. The Morgan fingerprint density at radius 2 is 1.94 bits per heavy atom. The maximum Gasteiger partial charge on any atom is 0.338 e. The number of cyclic esters (lactones) is 1. The van der Waals surface area contributed by atoms with Crippen LogP contribution in [0.5, 0.6) is 11.5 Å². The highest BCUT2D eigenvalue weighted by molar-refractivity contribution is 5.88. The van der Waals surface area contributed by atoms with Crippen molar-refractivity contribution in [1.29, 1.82) is 0 Å². The first-order valence-corrected chi connectivity index (χ1v) is 11.0. The average Bonchev–Trinajstić information content (AvgIpc) is 3.27. The predicted octanol–water partition coefficient (Wildman–Crippen LogP) is 2.79. The number of rotatable bonds is 5. The molecule has 0 bridgehead atoms. The lowest BCUT2D eigenvalue weighted by atomic mass is 9.90. The second-order valence-electron chi connectivity index (χ2n) is 9.46. The van der Waals surface area contributed by atoms with Crippen molar-refractivity contribution in [2.45, 2.75) is 59.0 Å². The zero-order valence-corrected chi connectivity index (χ0v) is 18.9. The Kier molecular flexibility index (Phi) is 5.77. The van der Waals surface area contributed by atoms with Crippen LogP contribution in [0, 0.1) is 11.8 Å². The molecular weight excluding hydrogens is 400 g/mol. The van der Waals surface area contributed by atoms with E-state index in [1.165, 1.54) is 0 Å². The maximum atomic E-state index is 13.6. The second-order valence-corrected chi connectivity index (χ2v) is 9.46. The number of piperazine rings is 1. The fourth-order valence-electron chi connectivity index (χ4n) is 4.60. The highest BCUT2D eigenvalue weighted by Gasteiger charge is 2.49. The van der Waals surface area contributed by atoms with Crippen molar-refractivity contribution in [1.82, 2.24) is 4.90 Å². The van der Waals surface area contributed by atoms with Gasteiger partial charge in [0.25, 0.3) is 0 Å². The van der Waals surface area contributed by atoms with Crippen LogP contribution in [-0.4, -0.2) is 61.1 Å². The molecule has 0 unspecified atom stereocenters. The zero-order chi connectivity index (χ0) is 22.3. The second kappa shape index (κ2) is 8.22. The summed E-state index contributed by atoms with van der Waals surface area (Å²) < 4.78 is 22.1. The van der Waals surface area contributed by atoms with Crippen LogP contribution in [0.2, 0.25) is 0 Å². The van der Waals surface area contributed by atoms with Gasteiger partial charge in [-0.1, -0.05) is 13.8 Å². The zero-order valence-electron chi connectivity index (χ0n) is 18.9. The van der Waals surface area contributed by atoms with Crippen molar-refractivity contribution in [3.63, 3.8) is 0 Å². The fourth-order valence-corrected chi connectivity index (χ4v) is 4.60. The van der Waals surface area contributed by atoms with E-state index in [9.17, 15) is 9.59 Å². The Bertz CT molecular complexity index is 854. The normalized spacial score (nSPS) is 25.7. The Morgan fingerprint density at radius 3 is 2.58 bits per heavy atom. The van der Waals surface area contributed by atoms with E-state index in [-0.39, 0.29) is 24.7 Å². The van der Waals surface area contributed by atoms with Crippen molar-refractivity contribution in [2.75, 3.05) is 31.3 Å². The van der Waals surface area contributed by atoms with Gasteiger partial charge in [-0.05, 0) is 31.4 Å². The molecule has 8 nitrogen and oxygen atoms in total. The molecule has 1 aromatic carbocycles. The molecule has 3 aliphatic heterocycles. The summed E-state index contributed by atoms with van der Waals surface area (Å²) in [6.45, 7) is 11.8. The minimum absolute atomic E-state index is 0.00762. The summed E-state index contributed by atoms with van der Waals surface area (Å²) >= 11 is 0. The molecule has 8 heteroatoms. The van der Waals surface area contributed by atoms with E-state index in [4.69, 9.17) is 18.9 Å². The Labute approximate surface area is 183 Å². The van der Waals surface area contributed by atoms with Gasteiger partial charge in [-0.25, -0.2) is 4.79 Å². The summed E-state index contributed by atoms with van der Waals surface area (Å²) in [5, 5.41) is 0. The van der Waals surface area contributed by atoms with Gasteiger partial charge in [0.2, 0.25) is 18.5 Å². The summed E-state index contributed by atoms with van der Waals surface area (Å²) in [5.74, 6) is -0.274. The van der Waals surface area contributed by atoms with Gasteiger partial charge in [0.15, 0.2) is 17.6 Å². The average molecular weight is 433 g/mol. The number of hydrogen-bond acceptors (Lipinski definition) is 7. The molecule has 3 heterocycles. The maximum absolute atomic E-state index is 13.6. The minimum atomic E-state index is -0.999. The molecule has 1 aromatic rings. The molecule has 2 saturated heterocycles. The minimum Gasteiger partial charge on any atom is -0.454 e. The van der Waals surface area contributed by atoms with Gasteiger partial charge in [-0.2, -0.15) is 0 Å². The fraction of sp³-hybridized carbons (Fsp3) is 0.652. The number of esters is 1. The lowest BCUT2D eigenvalue weighted by Crippen LogP contribution is -2.57. The summed E-state index contributed by atoms with van der Waals surface area (Å²) in [6.07, 6.45) is -0.284. The highest BCUT2D eigenvalue weighted by Crippen LogP contribution is 2.37. The van der Waals surface area contributed by atoms with Gasteiger partial charge in [0.05, 0.1) is 5.92 Å². The molecule has 0 aliphatic carbocycles. The number of nitrogens with zero attached hydrogens (tertiary/aromatic N) is 2. The van der Waals surface area contributed by atoms with Gasteiger partial charge in [0, 0.05) is 51.3 Å². The third kappa shape index (κ3) is 4.44. The largest absolute Gasteiger partial charge is 0.454 e. The molecule has 0 saturated carbocycles. The van der Waals surface area contributed by atoms with Crippen molar-refractivity contribution in [3.8, 4) is 11.5 Å². The third-order valence-electron chi connectivity index (χ3n) is 6.03. The van der Waals surface area contributed by atoms with E-state index in [0.29, 0.717) is 26.1 Å². The van der Waals surface area contributed by atoms with E-state index in [1.807, 2.05) is 43.9 Å². The number of hydrogen-bond donors (Lipinski definition) is 0. The van der Waals surface area contributed by atoms with Gasteiger partial charge in [-0.3, -0.25) is 4.79 Å². The molecular formula is C23H32N2O6. The topological polar surface area (TPSA) is 77.5 Å². The lowest BCUT2D eigenvalue weighted by molar-refractivity contribution is -0.163. The van der Waals surface area contributed by atoms with Crippen LogP contribution in [-0.2, 0) is 19.1 Å². The molecule has 0 N–H and O–H groups in total. The van der Waals surface area contributed by atoms with Crippen molar-refractivity contribution in [2.24, 2.45) is 11.8 Å². The number of ether oxygens (including phenoxy) is 4. The van der Waals surface area contributed by atoms with Crippen LogP contribution in [0.15, 0.2) is 18.2 Å². The molecule has 0 aromatic heterocycles. The number of carbonyl (C=O) groups is 2. The molecule has 0 spiro atoms. The van der Waals surface area contributed by atoms with Crippen LogP contribution >= 0.6 is 0 Å². The third-order valence-corrected chi connectivity index (χ3v) is 6.03. The summed E-state index contributed by atoms with van der Waals surface area (Å²) in [4.78, 5) is 30.2.